The minimum atomic E-state index is -0.464. The Morgan fingerprint density at radius 2 is 2.26 bits per heavy atom. The largest absolute Gasteiger partial charge is 0.391 e. The summed E-state index contributed by atoms with van der Waals surface area (Å²) in [6.45, 7) is 6.34. The molecule has 0 spiro atoms. The molecule has 0 radical (unpaired) electrons. The van der Waals surface area contributed by atoms with Crippen molar-refractivity contribution >= 4 is 5.91 Å². The minimum Gasteiger partial charge on any atom is -0.391 e. The van der Waals surface area contributed by atoms with Gasteiger partial charge in [-0.3, -0.25) is 9.48 Å². The molecular weight excluding hydrogens is 242 g/mol. The van der Waals surface area contributed by atoms with Crippen LogP contribution in [0.15, 0.2) is 6.20 Å². The molecule has 0 aliphatic rings. The van der Waals surface area contributed by atoms with Crippen LogP contribution < -0.4 is 5.32 Å². The van der Waals surface area contributed by atoms with Crippen LogP contribution >= 0.6 is 0 Å². The number of carbonyl (C=O) groups excluding carboxylic acids is 1. The Balaban J connectivity index is 2.30. The maximum absolute atomic E-state index is 11.7. The van der Waals surface area contributed by atoms with E-state index in [0.29, 0.717) is 19.4 Å². The number of nitrogens with zero attached hydrogens (tertiary/aromatic N) is 2. The van der Waals surface area contributed by atoms with Gasteiger partial charge in [-0.25, -0.2) is 0 Å². The van der Waals surface area contributed by atoms with E-state index in [2.05, 4.69) is 10.4 Å². The van der Waals surface area contributed by atoms with Crippen molar-refractivity contribution in [2.45, 2.75) is 46.1 Å². The number of hydrogen-bond acceptors (Lipinski definition) is 3. The monoisotopic (exact) mass is 267 g/mol. The average Bonchev–Trinajstić information content (AvgIpc) is 2.72. The number of aromatic nitrogens is 2. The molecule has 0 aliphatic carbocycles. The molecule has 2 atom stereocenters. The Labute approximate surface area is 115 Å². The van der Waals surface area contributed by atoms with Crippen molar-refractivity contribution in [3.63, 3.8) is 0 Å². The molecule has 1 amide bonds. The van der Waals surface area contributed by atoms with Crippen molar-refractivity contribution in [3.8, 4) is 0 Å². The second-order valence-electron chi connectivity index (χ2n) is 5.14. The number of aliphatic hydroxyl groups excluding tert-OH is 1. The minimum absolute atomic E-state index is 0.0226. The van der Waals surface area contributed by atoms with E-state index in [0.717, 1.165) is 17.7 Å². The number of aryl methyl sites for hydroxylation is 2. The molecule has 0 aromatic carbocycles. The number of hydrogen-bond donors (Lipinski definition) is 2. The van der Waals surface area contributed by atoms with Crippen LogP contribution in [0.25, 0.3) is 0 Å². The van der Waals surface area contributed by atoms with E-state index >= 15 is 0 Å². The van der Waals surface area contributed by atoms with Crippen LogP contribution in [-0.4, -0.2) is 33.4 Å². The van der Waals surface area contributed by atoms with Gasteiger partial charge >= 0.3 is 0 Å². The highest BCUT2D eigenvalue weighted by Crippen LogP contribution is 2.09. The summed E-state index contributed by atoms with van der Waals surface area (Å²) in [5.74, 6) is 0.187. The Bertz CT molecular complexity index is 415. The van der Waals surface area contributed by atoms with Crippen LogP contribution in [-0.2, 0) is 18.3 Å². The van der Waals surface area contributed by atoms with Crippen LogP contribution in [0.2, 0.25) is 0 Å². The van der Waals surface area contributed by atoms with Gasteiger partial charge in [0.25, 0.3) is 0 Å². The third-order valence-corrected chi connectivity index (χ3v) is 3.77. The van der Waals surface area contributed by atoms with Gasteiger partial charge in [0.05, 0.1) is 12.3 Å². The summed E-state index contributed by atoms with van der Waals surface area (Å²) in [6, 6.07) is 0. The first-order chi connectivity index (χ1) is 8.95. The van der Waals surface area contributed by atoms with Crippen LogP contribution in [0.4, 0.5) is 0 Å². The van der Waals surface area contributed by atoms with Crippen LogP contribution in [0.5, 0.6) is 0 Å². The van der Waals surface area contributed by atoms with E-state index in [9.17, 15) is 9.90 Å². The second kappa shape index (κ2) is 7.28. The van der Waals surface area contributed by atoms with Crippen molar-refractivity contribution in [3.05, 3.63) is 17.5 Å². The highest BCUT2D eigenvalue weighted by Gasteiger charge is 2.13. The fourth-order valence-electron chi connectivity index (χ4n) is 1.82. The smallest absolute Gasteiger partial charge is 0.220 e. The van der Waals surface area contributed by atoms with Crippen molar-refractivity contribution in [2.75, 3.05) is 6.54 Å². The third kappa shape index (κ3) is 4.67. The number of carbonyl (C=O) groups is 1. The topological polar surface area (TPSA) is 67.2 Å². The van der Waals surface area contributed by atoms with E-state index in [1.165, 1.54) is 0 Å². The standard InChI is InChI=1S/C14H25N3O2/c1-5-10(2)13(18)9-15-14(19)7-6-12-8-16-17(4)11(12)3/h8,10,13,18H,5-7,9H2,1-4H3,(H,15,19). The van der Waals surface area contributed by atoms with Crippen LogP contribution in [0.3, 0.4) is 0 Å². The molecule has 0 saturated carbocycles. The molecule has 1 aromatic rings. The van der Waals surface area contributed by atoms with Crippen LogP contribution in [0.1, 0.15) is 37.9 Å². The molecule has 0 bridgehead atoms. The average molecular weight is 267 g/mol. The Morgan fingerprint density at radius 1 is 1.58 bits per heavy atom. The van der Waals surface area contributed by atoms with Crippen LogP contribution in [0, 0.1) is 12.8 Å². The molecule has 2 N–H and O–H groups in total. The SMILES string of the molecule is CCC(C)C(O)CNC(=O)CCc1cnn(C)c1C. The van der Waals surface area contributed by atoms with E-state index in [4.69, 9.17) is 0 Å². The molecule has 0 aliphatic heterocycles. The summed E-state index contributed by atoms with van der Waals surface area (Å²) in [5.41, 5.74) is 2.19. The van der Waals surface area contributed by atoms with Gasteiger partial charge in [0, 0.05) is 25.7 Å². The van der Waals surface area contributed by atoms with E-state index in [-0.39, 0.29) is 11.8 Å². The van der Waals surface area contributed by atoms with Gasteiger partial charge in [0.2, 0.25) is 5.91 Å². The Hall–Kier alpha value is -1.36. The molecule has 1 heterocycles. The van der Waals surface area contributed by atoms with Gasteiger partial charge in [-0.15, -0.1) is 0 Å². The molecule has 0 saturated heterocycles. The molecule has 5 nitrogen and oxygen atoms in total. The normalized spacial score (nSPS) is 14.2. The first kappa shape index (κ1) is 15.7. The zero-order valence-corrected chi connectivity index (χ0v) is 12.3. The number of aliphatic hydroxyl groups is 1. The van der Waals surface area contributed by atoms with Gasteiger partial charge in [0.15, 0.2) is 0 Å². The second-order valence-corrected chi connectivity index (χ2v) is 5.14. The lowest BCUT2D eigenvalue weighted by Crippen LogP contribution is -2.35. The van der Waals surface area contributed by atoms with Gasteiger partial charge < -0.3 is 10.4 Å². The highest BCUT2D eigenvalue weighted by molar-refractivity contribution is 5.76. The fourth-order valence-corrected chi connectivity index (χ4v) is 1.82. The Morgan fingerprint density at radius 3 is 2.79 bits per heavy atom. The number of rotatable bonds is 7. The van der Waals surface area contributed by atoms with Crippen molar-refractivity contribution in [1.82, 2.24) is 15.1 Å². The molecule has 5 heteroatoms. The molecule has 1 rings (SSSR count). The third-order valence-electron chi connectivity index (χ3n) is 3.77. The predicted molar refractivity (Wildman–Crippen MR) is 74.7 cm³/mol. The fraction of sp³-hybridized carbons (Fsp3) is 0.714. The lowest BCUT2D eigenvalue weighted by molar-refractivity contribution is -0.121. The maximum Gasteiger partial charge on any atom is 0.220 e. The van der Waals surface area contributed by atoms with Crippen molar-refractivity contribution < 1.29 is 9.90 Å². The van der Waals surface area contributed by atoms with E-state index in [1.807, 2.05) is 27.8 Å². The van der Waals surface area contributed by atoms with Gasteiger partial charge in [-0.05, 0) is 24.8 Å². The maximum atomic E-state index is 11.7. The predicted octanol–water partition coefficient (Wildman–Crippen LogP) is 1.18. The molecular formula is C14H25N3O2. The van der Waals surface area contributed by atoms with Gasteiger partial charge in [-0.2, -0.15) is 5.10 Å². The molecule has 0 fully saturated rings. The summed E-state index contributed by atoms with van der Waals surface area (Å²) < 4.78 is 1.81. The van der Waals surface area contributed by atoms with Gasteiger partial charge in [-0.1, -0.05) is 20.3 Å². The van der Waals surface area contributed by atoms with Crippen molar-refractivity contribution in [1.29, 1.82) is 0 Å². The number of nitrogens with one attached hydrogen (secondary N) is 1. The zero-order valence-electron chi connectivity index (χ0n) is 12.3. The Kier molecular flexibility index (Phi) is 6.02. The van der Waals surface area contributed by atoms with Crippen molar-refractivity contribution in [2.24, 2.45) is 13.0 Å². The number of amides is 1. The summed E-state index contributed by atoms with van der Waals surface area (Å²) in [4.78, 5) is 11.7. The molecule has 2 unspecified atom stereocenters. The summed E-state index contributed by atoms with van der Waals surface area (Å²) in [5, 5.41) is 16.7. The lowest BCUT2D eigenvalue weighted by atomic mass is 10.0. The lowest BCUT2D eigenvalue weighted by Gasteiger charge is -2.17. The summed E-state index contributed by atoms with van der Waals surface area (Å²) >= 11 is 0. The first-order valence-electron chi connectivity index (χ1n) is 6.87. The highest BCUT2D eigenvalue weighted by atomic mass is 16.3. The summed E-state index contributed by atoms with van der Waals surface area (Å²) in [7, 11) is 1.89. The quantitative estimate of drug-likeness (QED) is 0.779. The summed E-state index contributed by atoms with van der Waals surface area (Å²) in [6.07, 6.45) is 3.36. The molecule has 19 heavy (non-hydrogen) atoms. The van der Waals surface area contributed by atoms with E-state index in [1.54, 1.807) is 10.9 Å². The van der Waals surface area contributed by atoms with E-state index < -0.39 is 6.10 Å². The first-order valence-corrected chi connectivity index (χ1v) is 6.87. The molecule has 1 aromatic heterocycles. The molecule has 108 valence electrons. The van der Waals surface area contributed by atoms with Gasteiger partial charge in [0.1, 0.15) is 0 Å². The zero-order chi connectivity index (χ0) is 14.4.